The normalized spacial score (nSPS) is 14.9. The van der Waals surface area contributed by atoms with E-state index < -0.39 is 0 Å². The number of fused-ring (bicyclic) bond motifs is 2. The first-order chi connectivity index (χ1) is 11.8. The zero-order chi connectivity index (χ0) is 16.5. The summed E-state index contributed by atoms with van der Waals surface area (Å²) in [7, 11) is 3.51. The standard InChI is InChI=1S/C22H22O2/c1-23-19-13-11-15-7-3-5-9-17(15)21(19)22-18-10-6-4-8-16(18)12-14-20(22)24-2/h3-6,11-14H,7-10H2,1-2H3. The molecule has 0 aliphatic heterocycles. The Morgan fingerprint density at radius 3 is 1.42 bits per heavy atom. The van der Waals surface area contributed by atoms with Crippen LogP contribution in [0.15, 0.2) is 48.6 Å². The first kappa shape index (κ1) is 15.1. The monoisotopic (exact) mass is 318 g/mol. The van der Waals surface area contributed by atoms with Crippen molar-refractivity contribution in [2.24, 2.45) is 0 Å². The van der Waals surface area contributed by atoms with Gasteiger partial charge in [-0.05, 0) is 60.1 Å². The largest absolute Gasteiger partial charge is 0.496 e. The summed E-state index contributed by atoms with van der Waals surface area (Å²) >= 11 is 0. The lowest BCUT2D eigenvalue weighted by Gasteiger charge is -2.25. The molecule has 2 aromatic rings. The molecule has 0 amide bonds. The molecule has 0 radical (unpaired) electrons. The lowest BCUT2D eigenvalue weighted by atomic mass is 9.83. The van der Waals surface area contributed by atoms with E-state index in [0.717, 1.165) is 37.2 Å². The van der Waals surface area contributed by atoms with Crippen molar-refractivity contribution in [3.63, 3.8) is 0 Å². The number of benzene rings is 2. The van der Waals surface area contributed by atoms with E-state index in [0.29, 0.717) is 0 Å². The number of methoxy groups -OCH3 is 2. The minimum atomic E-state index is 0.935. The van der Waals surface area contributed by atoms with Crippen LogP contribution >= 0.6 is 0 Å². The molecule has 0 saturated heterocycles. The smallest absolute Gasteiger partial charge is 0.127 e. The van der Waals surface area contributed by atoms with Gasteiger partial charge in [-0.2, -0.15) is 0 Å². The van der Waals surface area contributed by atoms with Crippen LogP contribution in [0.3, 0.4) is 0 Å². The Bertz CT molecular complexity index is 772. The Hall–Kier alpha value is -2.48. The SMILES string of the molecule is COc1ccc2c(c1-c1c(OC)ccc3c1CC=CC3)CC=CC2. The van der Waals surface area contributed by atoms with Crippen molar-refractivity contribution in [1.29, 1.82) is 0 Å². The first-order valence-electron chi connectivity index (χ1n) is 8.51. The second kappa shape index (κ2) is 6.20. The maximum atomic E-state index is 5.76. The maximum absolute atomic E-state index is 5.76. The lowest BCUT2D eigenvalue weighted by Crippen LogP contribution is -2.07. The summed E-state index contributed by atoms with van der Waals surface area (Å²) in [6.07, 6.45) is 12.9. The second-order valence-corrected chi connectivity index (χ2v) is 6.32. The third kappa shape index (κ3) is 2.34. The average molecular weight is 318 g/mol. The van der Waals surface area contributed by atoms with Crippen molar-refractivity contribution < 1.29 is 9.47 Å². The van der Waals surface area contributed by atoms with Crippen LogP contribution in [0.25, 0.3) is 11.1 Å². The van der Waals surface area contributed by atoms with Gasteiger partial charge < -0.3 is 9.47 Å². The number of allylic oxidation sites excluding steroid dienone is 4. The number of rotatable bonds is 3. The molecule has 0 aromatic heterocycles. The van der Waals surface area contributed by atoms with Gasteiger partial charge in [0.05, 0.1) is 14.2 Å². The molecule has 0 heterocycles. The van der Waals surface area contributed by atoms with Gasteiger partial charge in [0, 0.05) is 11.1 Å². The van der Waals surface area contributed by atoms with Crippen LogP contribution in [0, 0.1) is 0 Å². The molecule has 0 bridgehead atoms. The van der Waals surface area contributed by atoms with Crippen LogP contribution in [0.1, 0.15) is 22.3 Å². The molecule has 0 saturated carbocycles. The molecule has 0 spiro atoms. The van der Waals surface area contributed by atoms with E-state index in [1.165, 1.54) is 33.4 Å². The Balaban J connectivity index is 2.04. The van der Waals surface area contributed by atoms with Crippen LogP contribution in [0.2, 0.25) is 0 Å². The van der Waals surface area contributed by atoms with Gasteiger partial charge in [-0.1, -0.05) is 36.4 Å². The van der Waals surface area contributed by atoms with Gasteiger partial charge >= 0.3 is 0 Å². The lowest BCUT2D eigenvalue weighted by molar-refractivity contribution is 0.409. The minimum absolute atomic E-state index is 0.935. The molecule has 122 valence electrons. The van der Waals surface area contributed by atoms with E-state index in [1.807, 2.05) is 0 Å². The van der Waals surface area contributed by atoms with Crippen molar-refractivity contribution in [1.82, 2.24) is 0 Å². The molecule has 0 unspecified atom stereocenters. The molecule has 2 nitrogen and oxygen atoms in total. The van der Waals surface area contributed by atoms with Gasteiger partial charge in [0.25, 0.3) is 0 Å². The highest BCUT2D eigenvalue weighted by atomic mass is 16.5. The zero-order valence-electron chi connectivity index (χ0n) is 14.3. The summed E-state index contributed by atoms with van der Waals surface area (Å²) in [5.74, 6) is 1.87. The number of ether oxygens (including phenoxy) is 2. The van der Waals surface area contributed by atoms with E-state index in [2.05, 4.69) is 48.6 Å². The van der Waals surface area contributed by atoms with Gasteiger partial charge in [-0.25, -0.2) is 0 Å². The van der Waals surface area contributed by atoms with Crippen molar-refractivity contribution in [3.05, 3.63) is 70.8 Å². The van der Waals surface area contributed by atoms with Crippen LogP contribution in [-0.2, 0) is 25.7 Å². The summed E-state index contributed by atoms with van der Waals surface area (Å²) in [6, 6.07) is 8.60. The third-order valence-electron chi connectivity index (χ3n) is 5.09. The third-order valence-corrected chi connectivity index (χ3v) is 5.09. The van der Waals surface area contributed by atoms with E-state index in [-0.39, 0.29) is 0 Å². The highest BCUT2D eigenvalue weighted by Gasteiger charge is 2.24. The quantitative estimate of drug-likeness (QED) is 0.765. The summed E-state index contributed by atoms with van der Waals surface area (Å²) in [6.45, 7) is 0. The fraction of sp³-hybridized carbons (Fsp3) is 0.273. The predicted octanol–water partition coefficient (Wildman–Crippen LogP) is 4.68. The Labute approximate surface area is 143 Å². The molecule has 24 heavy (non-hydrogen) atoms. The topological polar surface area (TPSA) is 18.5 Å². The van der Waals surface area contributed by atoms with Crippen LogP contribution < -0.4 is 9.47 Å². The van der Waals surface area contributed by atoms with Gasteiger partial charge in [0.1, 0.15) is 11.5 Å². The highest BCUT2D eigenvalue weighted by molar-refractivity contribution is 5.84. The Morgan fingerprint density at radius 2 is 1.00 bits per heavy atom. The average Bonchev–Trinajstić information content (AvgIpc) is 2.66. The van der Waals surface area contributed by atoms with Crippen molar-refractivity contribution in [2.45, 2.75) is 25.7 Å². The Kier molecular flexibility index (Phi) is 3.89. The van der Waals surface area contributed by atoms with E-state index in [9.17, 15) is 0 Å². The number of hydrogen-bond acceptors (Lipinski definition) is 2. The molecule has 4 rings (SSSR count). The molecule has 0 atom stereocenters. The fourth-order valence-electron chi connectivity index (χ4n) is 3.90. The van der Waals surface area contributed by atoms with Crippen molar-refractivity contribution in [3.8, 4) is 22.6 Å². The second-order valence-electron chi connectivity index (χ2n) is 6.32. The molecule has 2 aromatic carbocycles. The molecule has 0 N–H and O–H groups in total. The summed E-state index contributed by atoms with van der Waals surface area (Å²) in [5, 5.41) is 0. The fourth-order valence-corrected chi connectivity index (χ4v) is 3.90. The van der Waals surface area contributed by atoms with Gasteiger partial charge in [-0.15, -0.1) is 0 Å². The molecule has 2 aliphatic rings. The van der Waals surface area contributed by atoms with E-state index >= 15 is 0 Å². The van der Waals surface area contributed by atoms with Crippen LogP contribution in [0.5, 0.6) is 11.5 Å². The minimum Gasteiger partial charge on any atom is -0.496 e. The first-order valence-corrected chi connectivity index (χ1v) is 8.51. The molecular weight excluding hydrogens is 296 g/mol. The van der Waals surface area contributed by atoms with E-state index in [1.54, 1.807) is 14.2 Å². The summed E-state index contributed by atoms with van der Waals surface area (Å²) in [4.78, 5) is 0. The van der Waals surface area contributed by atoms with Gasteiger partial charge in [0.2, 0.25) is 0 Å². The van der Waals surface area contributed by atoms with E-state index in [4.69, 9.17) is 9.47 Å². The predicted molar refractivity (Wildman–Crippen MR) is 98.1 cm³/mol. The van der Waals surface area contributed by atoms with Crippen molar-refractivity contribution >= 4 is 0 Å². The molecule has 0 fully saturated rings. The van der Waals surface area contributed by atoms with Gasteiger partial charge in [-0.3, -0.25) is 0 Å². The van der Waals surface area contributed by atoms with Crippen LogP contribution in [-0.4, -0.2) is 14.2 Å². The Morgan fingerprint density at radius 1 is 0.583 bits per heavy atom. The number of hydrogen-bond donors (Lipinski definition) is 0. The summed E-state index contributed by atoms with van der Waals surface area (Å²) in [5.41, 5.74) is 7.95. The highest BCUT2D eigenvalue weighted by Crippen LogP contribution is 2.45. The van der Waals surface area contributed by atoms with Crippen LogP contribution in [0.4, 0.5) is 0 Å². The van der Waals surface area contributed by atoms with Crippen molar-refractivity contribution in [2.75, 3.05) is 14.2 Å². The maximum Gasteiger partial charge on any atom is 0.127 e. The molecular formula is C22H22O2. The molecule has 2 heteroatoms. The molecule has 2 aliphatic carbocycles. The summed E-state index contributed by atoms with van der Waals surface area (Å²) < 4.78 is 11.5. The van der Waals surface area contributed by atoms with Gasteiger partial charge in [0.15, 0.2) is 0 Å². The zero-order valence-corrected chi connectivity index (χ0v) is 14.3.